The molecule has 0 unspecified atom stereocenters. The summed E-state index contributed by atoms with van der Waals surface area (Å²) < 4.78 is 0. The smallest absolute Gasteiger partial charge is 0.248 e. The van der Waals surface area contributed by atoms with Crippen LogP contribution in [0.15, 0.2) is 60.8 Å². The lowest BCUT2D eigenvalue weighted by molar-refractivity contribution is 0.100. The molecule has 1 aromatic heterocycles. The zero-order valence-electron chi connectivity index (χ0n) is 15.7. The number of nitrogens with one attached hydrogen (secondary N) is 1. The summed E-state index contributed by atoms with van der Waals surface area (Å²) in [6.45, 7) is 2.15. The summed E-state index contributed by atoms with van der Waals surface area (Å²) in [5.41, 5.74) is 17.2. The van der Waals surface area contributed by atoms with Gasteiger partial charge in [-0.15, -0.1) is 0 Å². The van der Waals surface area contributed by atoms with Crippen molar-refractivity contribution in [3.05, 3.63) is 71.9 Å². The van der Waals surface area contributed by atoms with Crippen LogP contribution in [0.4, 0.5) is 5.82 Å². The molecular formula is C23H24N4O. The van der Waals surface area contributed by atoms with Crippen LogP contribution in [0.3, 0.4) is 0 Å². The third-order valence-corrected chi connectivity index (χ3v) is 5.43. The fraction of sp³-hybridized carbons (Fsp3) is 0.217. The van der Waals surface area contributed by atoms with Crippen LogP contribution in [0.2, 0.25) is 0 Å². The second kappa shape index (κ2) is 7.82. The Bertz CT molecular complexity index is 992. The predicted molar refractivity (Wildman–Crippen MR) is 113 cm³/mol. The molecule has 142 valence electrons. The van der Waals surface area contributed by atoms with Gasteiger partial charge in [0.15, 0.2) is 0 Å². The molecule has 2 aromatic carbocycles. The number of aromatic nitrogens is 1. The molecule has 0 spiro atoms. The summed E-state index contributed by atoms with van der Waals surface area (Å²) in [4.78, 5) is 15.7. The van der Waals surface area contributed by atoms with Gasteiger partial charge in [0.1, 0.15) is 5.82 Å². The predicted octanol–water partition coefficient (Wildman–Crippen LogP) is 3.56. The van der Waals surface area contributed by atoms with Crippen molar-refractivity contribution in [1.82, 2.24) is 10.3 Å². The number of piperidine rings is 1. The highest BCUT2D eigenvalue weighted by molar-refractivity contribution is 5.93. The number of nitrogen functional groups attached to an aromatic ring is 1. The van der Waals surface area contributed by atoms with Gasteiger partial charge in [-0.2, -0.15) is 0 Å². The number of hydrogen-bond donors (Lipinski definition) is 3. The van der Waals surface area contributed by atoms with E-state index < -0.39 is 5.91 Å². The fourth-order valence-electron chi connectivity index (χ4n) is 3.81. The minimum absolute atomic E-state index is 0.443. The largest absolute Gasteiger partial charge is 0.383 e. The van der Waals surface area contributed by atoms with Crippen LogP contribution in [0.1, 0.15) is 34.7 Å². The third kappa shape index (κ3) is 3.75. The number of primary amides is 1. The second-order valence-corrected chi connectivity index (χ2v) is 7.25. The van der Waals surface area contributed by atoms with Gasteiger partial charge in [-0.3, -0.25) is 4.79 Å². The number of carbonyl (C=O) groups excluding carboxylic acids is 1. The Balaban J connectivity index is 1.68. The lowest BCUT2D eigenvalue weighted by atomic mass is 9.88. The maximum Gasteiger partial charge on any atom is 0.248 e. The van der Waals surface area contributed by atoms with Crippen molar-refractivity contribution in [2.24, 2.45) is 5.73 Å². The van der Waals surface area contributed by atoms with Gasteiger partial charge in [-0.25, -0.2) is 4.98 Å². The number of carbonyl (C=O) groups is 1. The van der Waals surface area contributed by atoms with E-state index in [1.165, 1.54) is 18.4 Å². The number of anilines is 1. The Morgan fingerprint density at radius 2 is 1.71 bits per heavy atom. The first-order valence-corrected chi connectivity index (χ1v) is 9.58. The number of rotatable bonds is 4. The molecule has 1 fully saturated rings. The van der Waals surface area contributed by atoms with E-state index in [0.29, 0.717) is 17.3 Å². The van der Waals surface area contributed by atoms with Crippen molar-refractivity contribution in [2.75, 3.05) is 18.8 Å². The molecule has 0 bridgehead atoms. The van der Waals surface area contributed by atoms with Gasteiger partial charge in [0, 0.05) is 22.9 Å². The number of hydrogen-bond acceptors (Lipinski definition) is 4. The van der Waals surface area contributed by atoms with Gasteiger partial charge in [0.25, 0.3) is 0 Å². The van der Waals surface area contributed by atoms with E-state index >= 15 is 0 Å². The molecule has 0 radical (unpaired) electrons. The van der Waals surface area contributed by atoms with E-state index in [2.05, 4.69) is 40.6 Å². The average Bonchev–Trinajstić information content (AvgIpc) is 2.75. The van der Waals surface area contributed by atoms with Crippen molar-refractivity contribution in [3.8, 4) is 22.3 Å². The Kier molecular flexibility index (Phi) is 5.08. The van der Waals surface area contributed by atoms with Gasteiger partial charge in [0.05, 0.1) is 0 Å². The lowest BCUT2D eigenvalue weighted by Crippen LogP contribution is -2.26. The Hall–Kier alpha value is -3.18. The maximum atomic E-state index is 11.3. The first kappa shape index (κ1) is 18.2. The van der Waals surface area contributed by atoms with Gasteiger partial charge < -0.3 is 16.8 Å². The van der Waals surface area contributed by atoms with Crippen molar-refractivity contribution in [1.29, 1.82) is 0 Å². The summed E-state index contributed by atoms with van der Waals surface area (Å²) in [5, 5.41) is 3.42. The van der Waals surface area contributed by atoms with Crippen molar-refractivity contribution in [2.45, 2.75) is 18.8 Å². The van der Waals surface area contributed by atoms with Gasteiger partial charge in [-0.05, 0) is 66.7 Å². The molecule has 3 aromatic rings. The molecule has 0 aliphatic carbocycles. The first-order valence-electron chi connectivity index (χ1n) is 9.58. The number of amides is 1. The fourth-order valence-corrected chi connectivity index (χ4v) is 3.81. The Morgan fingerprint density at radius 3 is 2.43 bits per heavy atom. The molecule has 4 rings (SSSR count). The normalized spacial score (nSPS) is 14.7. The molecule has 5 heteroatoms. The van der Waals surface area contributed by atoms with E-state index in [0.717, 1.165) is 35.3 Å². The first-order chi connectivity index (χ1) is 13.6. The second-order valence-electron chi connectivity index (χ2n) is 7.25. The highest BCUT2D eigenvalue weighted by Crippen LogP contribution is 2.32. The molecule has 28 heavy (non-hydrogen) atoms. The van der Waals surface area contributed by atoms with E-state index in [4.69, 9.17) is 11.5 Å². The number of benzene rings is 2. The van der Waals surface area contributed by atoms with Gasteiger partial charge >= 0.3 is 0 Å². The average molecular weight is 372 g/mol. The van der Waals surface area contributed by atoms with Crippen LogP contribution in [0.5, 0.6) is 0 Å². The molecule has 0 saturated carbocycles. The molecule has 5 nitrogen and oxygen atoms in total. The SMILES string of the molecule is NC(=O)c1ccc(-c2cc(-c3cccc(C4CCNCC4)c3)cnc2N)cc1. The maximum absolute atomic E-state index is 11.3. The minimum atomic E-state index is -0.443. The molecule has 1 amide bonds. The molecule has 2 heterocycles. The zero-order chi connectivity index (χ0) is 19.5. The number of nitrogens with two attached hydrogens (primary N) is 2. The van der Waals surface area contributed by atoms with Crippen LogP contribution in [-0.2, 0) is 0 Å². The summed E-state index contributed by atoms with van der Waals surface area (Å²) in [7, 11) is 0. The van der Waals surface area contributed by atoms with Crippen molar-refractivity contribution < 1.29 is 4.79 Å². The molecule has 5 N–H and O–H groups in total. The van der Waals surface area contributed by atoms with E-state index in [9.17, 15) is 4.79 Å². The number of nitrogens with zero attached hydrogens (tertiary/aromatic N) is 1. The topological polar surface area (TPSA) is 94.0 Å². The highest BCUT2D eigenvalue weighted by Gasteiger charge is 2.16. The van der Waals surface area contributed by atoms with Crippen molar-refractivity contribution in [3.63, 3.8) is 0 Å². The molecule has 1 aliphatic heterocycles. The summed E-state index contributed by atoms with van der Waals surface area (Å²) in [5.74, 6) is 0.620. The van der Waals surface area contributed by atoms with Gasteiger partial charge in [-0.1, -0.05) is 36.4 Å². The summed E-state index contributed by atoms with van der Waals surface area (Å²) >= 11 is 0. The zero-order valence-corrected chi connectivity index (χ0v) is 15.7. The minimum Gasteiger partial charge on any atom is -0.383 e. The number of pyridine rings is 1. The molecule has 1 aliphatic rings. The van der Waals surface area contributed by atoms with Crippen molar-refractivity contribution >= 4 is 11.7 Å². The van der Waals surface area contributed by atoms with Crippen LogP contribution in [0.25, 0.3) is 22.3 Å². The van der Waals surface area contributed by atoms with Crippen LogP contribution in [0, 0.1) is 0 Å². The van der Waals surface area contributed by atoms with E-state index in [1.807, 2.05) is 18.3 Å². The van der Waals surface area contributed by atoms with Gasteiger partial charge in [0.2, 0.25) is 5.91 Å². The van der Waals surface area contributed by atoms with Crippen LogP contribution < -0.4 is 16.8 Å². The molecule has 1 saturated heterocycles. The quantitative estimate of drug-likeness (QED) is 0.653. The lowest BCUT2D eigenvalue weighted by Gasteiger charge is -2.23. The van der Waals surface area contributed by atoms with E-state index in [-0.39, 0.29) is 0 Å². The highest BCUT2D eigenvalue weighted by atomic mass is 16.1. The molecular weight excluding hydrogens is 348 g/mol. The Labute approximate surface area is 164 Å². The molecule has 0 atom stereocenters. The third-order valence-electron chi connectivity index (χ3n) is 5.43. The Morgan fingerprint density at radius 1 is 0.964 bits per heavy atom. The van der Waals surface area contributed by atoms with Crippen LogP contribution in [-0.4, -0.2) is 24.0 Å². The van der Waals surface area contributed by atoms with Crippen LogP contribution >= 0.6 is 0 Å². The summed E-state index contributed by atoms with van der Waals surface area (Å²) in [6.07, 6.45) is 4.15. The standard InChI is InChI=1S/C23H24N4O/c24-22-21(16-4-6-17(7-5-16)23(25)28)13-20(14-27-22)19-3-1-2-18(12-19)15-8-10-26-11-9-15/h1-7,12-15,26H,8-11H2,(H2,24,27)(H2,25,28). The van der Waals surface area contributed by atoms with E-state index in [1.54, 1.807) is 12.1 Å². The summed E-state index contributed by atoms with van der Waals surface area (Å²) in [6, 6.07) is 17.9. The monoisotopic (exact) mass is 372 g/mol.